The molecular formula is C14H11ClFNO2S. The van der Waals surface area contributed by atoms with Crippen molar-refractivity contribution in [2.75, 3.05) is 0 Å². The van der Waals surface area contributed by atoms with Gasteiger partial charge in [-0.1, -0.05) is 41.9 Å². The summed E-state index contributed by atoms with van der Waals surface area (Å²) in [5.41, 5.74) is 0.808. The van der Waals surface area contributed by atoms with E-state index < -0.39 is 16.4 Å². The van der Waals surface area contributed by atoms with E-state index in [0.29, 0.717) is 22.1 Å². The summed E-state index contributed by atoms with van der Waals surface area (Å²) in [5, 5.41) is 11.3. The molecule has 2 rings (SSSR count). The van der Waals surface area contributed by atoms with Crippen LogP contribution in [0.1, 0.15) is 11.1 Å². The van der Waals surface area contributed by atoms with Crippen LogP contribution in [-0.2, 0) is 11.5 Å². The lowest BCUT2D eigenvalue weighted by atomic mass is 10.2. The van der Waals surface area contributed by atoms with Gasteiger partial charge in [-0.25, -0.2) is 0 Å². The Bertz CT molecular complexity index is 636. The number of nitro groups is 1. The first kappa shape index (κ1) is 14.8. The van der Waals surface area contributed by atoms with Crippen LogP contribution in [0.25, 0.3) is 0 Å². The summed E-state index contributed by atoms with van der Waals surface area (Å²) in [6, 6.07) is 11.6. The van der Waals surface area contributed by atoms with Crippen molar-refractivity contribution in [3.05, 3.63) is 74.5 Å². The van der Waals surface area contributed by atoms with Crippen molar-refractivity contribution in [3.63, 3.8) is 0 Å². The van der Waals surface area contributed by atoms with E-state index in [4.69, 9.17) is 11.6 Å². The topological polar surface area (TPSA) is 43.1 Å². The maximum absolute atomic E-state index is 13.8. The minimum absolute atomic E-state index is 0.330. The molecule has 0 unspecified atom stereocenters. The Morgan fingerprint density at radius 3 is 2.45 bits per heavy atom. The highest BCUT2D eigenvalue weighted by Crippen LogP contribution is 2.27. The molecule has 0 amide bonds. The highest BCUT2D eigenvalue weighted by Gasteiger charge is 2.16. The lowest BCUT2D eigenvalue weighted by Crippen LogP contribution is -1.96. The van der Waals surface area contributed by atoms with Gasteiger partial charge in [0.15, 0.2) is 0 Å². The van der Waals surface area contributed by atoms with Crippen LogP contribution >= 0.6 is 23.4 Å². The molecule has 0 fully saturated rings. The van der Waals surface area contributed by atoms with Crippen LogP contribution in [0, 0.1) is 15.9 Å². The molecule has 0 N–H and O–H groups in total. The van der Waals surface area contributed by atoms with Gasteiger partial charge in [0.05, 0.1) is 4.92 Å². The van der Waals surface area contributed by atoms with Gasteiger partial charge in [0.25, 0.3) is 0 Å². The number of nitrogens with zero attached hydrogens (tertiary/aromatic N) is 1. The van der Waals surface area contributed by atoms with Crippen LogP contribution in [0.15, 0.2) is 42.5 Å². The minimum Gasteiger partial charge on any atom is -0.258 e. The van der Waals surface area contributed by atoms with Gasteiger partial charge >= 0.3 is 5.69 Å². The van der Waals surface area contributed by atoms with Crippen molar-refractivity contribution in [1.82, 2.24) is 0 Å². The van der Waals surface area contributed by atoms with Gasteiger partial charge in [-0.05, 0) is 11.6 Å². The highest BCUT2D eigenvalue weighted by molar-refractivity contribution is 7.97. The number of halogens is 2. The predicted molar refractivity (Wildman–Crippen MR) is 79.5 cm³/mol. The molecule has 0 aliphatic heterocycles. The zero-order valence-corrected chi connectivity index (χ0v) is 12.0. The molecule has 0 aliphatic carbocycles. The first-order valence-electron chi connectivity index (χ1n) is 5.82. The molecule has 0 saturated heterocycles. The summed E-state index contributed by atoms with van der Waals surface area (Å²) in [6.07, 6.45) is 0. The average molecular weight is 312 g/mol. The molecule has 104 valence electrons. The number of benzene rings is 2. The van der Waals surface area contributed by atoms with Gasteiger partial charge in [0.2, 0.25) is 5.82 Å². The van der Waals surface area contributed by atoms with E-state index in [2.05, 4.69) is 0 Å². The summed E-state index contributed by atoms with van der Waals surface area (Å²) in [5.74, 6) is 0.227. The maximum atomic E-state index is 13.8. The van der Waals surface area contributed by atoms with Crippen LogP contribution in [0.2, 0.25) is 5.02 Å². The quantitative estimate of drug-likeness (QED) is 0.587. The van der Waals surface area contributed by atoms with Crippen molar-refractivity contribution < 1.29 is 9.31 Å². The molecule has 20 heavy (non-hydrogen) atoms. The third-order valence-electron chi connectivity index (χ3n) is 2.73. The zero-order chi connectivity index (χ0) is 14.5. The normalized spacial score (nSPS) is 10.5. The van der Waals surface area contributed by atoms with Gasteiger partial charge in [-0.2, -0.15) is 16.2 Å². The zero-order valence-electron chi connectivity index (χ0n) is 10.4. The average Bonchev–Trinajstić information content (AvgIpc) is 2.42. The van der Waals surface area contributed by atoms with E-state index in [9.17, 15) is 14.5 Å². The molecule has 0 spiro atoms. The van der Waals surface area contributed by atoms with Crippen molar-refractivity contribution in [1.29, 1.82) is 0 Å². The Labute approximate surface area is 124 Å². The fraction of sp³-hybridized carbons (Fsp3) is 0.143. The van der Waals surface area contributed by atoms with Crippen LogP contribution in [-0.4, -0.2) is 4.92 Å². The monoisotopic (exact) mass is 311 g/mol. The number of nitro benzene ring substituents is 1. The van der Waals surface area contributed by atoms with E-state index in [0.717, 1.165) is 11.6 Å². The fourth-order valence-electron chi connectivity index (χ4n) is 1.71. The van der Waals surface area contributed by atoms with Crippen molar-refractivity contribution in [2.24, 2.45) is 0 Å². The summed E-state index contributed by atoms with van der Waals surface area (Å²) in [7, 11) is 0. The minimum atomic E-state index is -0.760. The van der Waals surface area contributed by atoms with Crippen LogP contribution < -0.4 is 0 Å². The largest absolute Gasteiger partial charge is 0.305 e. The Morgan fingerprint density at radius 2 is 1.75 bits per heavy atom. The SMILES string of the molecule is O=[N+]([O-])c1cccc(CSCc2ccccc2Cl)c1F. The molecular weight excluding hydrogens is 301 g/mol. The maximum Gasteiger partial charge on any atom is 0.305 e. The number of hydrogen-bond acceptors (Lipinski definition) is 3. The van der Waals surface area contributed by atoms with Gasteiger partial charge in [0.1, 0.15) is 0 Å². The highest BCUT2D eigenvalue weighted by atomic mass is 35.5. The summed E-state index contributed by atoms with van der Waals surface area (Å²) in [6.45, 7) is 0. The molecule has 0 aromatic heterocycles. The summed E-state index contributed by atoms with van der Waals surface area (Å²) >= 11 is 7.49. The number of thioether (sulfide) groups is 1. The predicted octanol–water partition coefficient (Wildman–Crippen LogP) is 4.82. The van der Waals surface area contributed by atoms with E-state index in [-0.39, 0.29) is 0 Å². The standard InChI is InChI=1S/C14H11ClFNO2S/c15-12-6-2-1-4-10(12)8-20-9-11-5-3-7-13(14(11)16)17(18)19/h1-7H,8-9H2. The molecule has 0 bridgehead atoms. The Hall–Kier alpha value is -1.59. The number of rotatable bonds is 5. The molecule has 0 atom stereocenters. The van der Waals surface area contributed by atoms with Crippen molar-refractivity contribution in [3.8, 4) is 0 Å². The van der Waals surface area contributed by atoms with Gasteiger partial charge in [0, 0.05) is 28.2 Å². The second-order valence-electron chi connectivity index (χ2n) is 4.09. The summed E-state index contributed by atoms with van der Waals surface area (Å²) < 4.78 is 13.8. The van der Waals surface area contributed by atoms with Gasteiger partial charge < -0.3 is 0 Å². The third-order valence-corrected chi connectivity index (χ3v) is 4.13. The smallest absolute Gasteiger partial charge is 0.258 e. The van der Waals surface area contributed by atoms with E-state index in [1.807, 2.05) is 18.2 Å². The van der Waals surface area contributed by atoms with Crippen molar-refractivity contribution >= 4 is 29.1 Å². The first-order chi connectivity index (χ1) is 9.59. The third kappa shape index (κ3) is 3.49. The molecule has 0 saturated carbocycles. The fourth-order valence-corrected chi connectivity index (χ4v) is 3.00. The van der Waals surface area contributed by atoms with E-state index >= 15 is 0 Å². The summed E-state index contributed by atoms with van der Waals surface area (Å²) in [4.78, 5) is 9.94. The van der Waals surface area contributed by atoms with Crippen molar-refractivity contribution in [2.45, 2.75) is 11.5 Å². The Balaban J connectivity index is 2.03. The van der Waals surface area contributed by atoms with Gasteiger partial charge in [-0.3, -0.25) is 10.1 Å². The first-order valence-corrected chi connectivity index (χ1v) is 7.36. The molecule has 0 heterocycles. The van der Waals surface area contributed by atoms with E-state index in [1.54, 1.807) is 12.1 Å². The van der Waals surface area contributed by atoms with Crippen LogP contribution in [0.5, 0.6) is 0 Å². The second kappa shape index (κ2) is 6.72. The Kier molecular flexibility index (Phi) is 4.98. The molecule has 3 nitrogen and oxygen atoms in total. The lowest BCUT2D eigenvalue weighted by molar-refractivity contribution is -0.387. The van der Waals surface area contributed by atoms with Crippen LogP contribution in [0.3, 0.4) is 0 Å². The number of hydrogen-bond donors (Lipinski definition) is 0. The molecule has 2 aromatic carbocycles. The van der Waals surface area contributed by atoms with E-state index in [1.165, 1.54) is 17.8 Å². The molecule has 6 heteroatoms. The Morgan fingerprint density at radius 1 is 1.10 bits per heavy atom. The molecule has 0 aliphatic rings. The lowest BCUT2D eigenvalue weighted by Gasteiger charge is -2.05. The second-order valence-corrected chi connectivity index (χ2v) is 5.48. The molecule has 0 radical (unpaired) electrons. The van der Waals surface area contributed by atoms with Crippen LogP contribution in [0.4, 0.5) is 10.1 Å². The molecule has 2 aromatic rings. The van der Waals surface area contributed by atoms with Gasteiger partial charge in [-0.15, -0.1) is 0 Å².